The minimum atomic E-state index is -3.33. The van der Waals surface area contributed by atoms with Gasteiger partial charge in [0, 0.05) is 13.1 Å². The lowest BCUT2D eigenvalue weighted by Crippen LogP contribution is -2.48. The van der Waals surface area contributed by atoms with Gasteiger partial charge in [-0.25, -0.2) is 18.2 Å². The molecule has 1 aromatic carbocycles. The minimum absolute atomic E-state index is 0.0374. The zero-order valence-corrected chi connectivity index (χ0v) is 14.6. The summed E-state index contributed by atoms with van der Waals surface area (Å²) < 4.78 is 33.8. The molecule has 1 fully saturated rings. The maximum Gasteiger partial charge on any atom is 0.317 e. The zero-order chi connectivity index (χ0) is 18.2. The van der Waals surface area contributed by atoms with Gasteiger partial charge in [-0.3, -0.25) is 0 Å². The van der Waals surface area contributed by atoms with Gasteiger partial charge < -0.3 is 24.5 Å². The van der Waals surface area contributed by atoms with Crippen molar-refractivity contribution in [2.24, 2.45) is 0 Å². The first kappa shape index (κ1) is 17.5. The minimum Gasteiger partial charge on any atom is -0.497 e. The van der Waals surface area contributed by atoms with Crippen molar-refractivity contribution in [1.82, 2.24) is 15.2 Å². The molecule has 2 atom stereocenters. The number of rotatable bonds is 4. The van der Waals surface area contributed by atoms with Crippen molar-refractivity contribution in [2.75, 3.05) is 25.7 Å². The molecule has 1 aromatic heterocycles. The average molecular weight is 369 g/mol. The zero-order valence-electron chi connectivity index (χ0n) is 13.8. The lowest BCUT2D eigenvalue weighted by molar-refractivity contribution is 0.110. The molecule has 3 rings (SSSR count). The second-order valence-electron chi connectivity index (χ2n) is 5.92. The van der Waals surface area contributed by atoms with Crippen molar-refractivity contribution >= 4 is 27.0 Å². The fourth-order valence-corrected chi connectivity index (χ4v) is 4.61. The van der Waals surface area contributed by atoms with Crippen LogP contribution in [0.4, 0.5) is 4.79 Å². The molecule has 1 aliphatic heterocycles. The van der Waals surface area contributed by atoms with E-state index in [1.54, 1.807) is 25.3 Å². The molecule has 2 N–H and O–H groups in total. The molecule has 2 aromatic rings. The van der Waals surface area contributed by atoms with Crippen LogP contribution in [0.3, 0.4) is 0 Å². The molecular formula is C15H19N3O6S. The third-order valence-corrected chi connectivity index (χ3v) is 5.84. The van der Waals surface area contributed by atoms with Gasteiger partial charge in [-0.1, -0.05) is 0 Å². The summed E-state index contributed by atoms with van der Waals surface area (Å²) in [6.07, 6.45) is -1.09. The molecule has 2 heterocycles. The Morgan fingerprint density at radius 1 is 1.48 bits per heavy atom. The largest absolute Gasteiger partial charge is 0.497 e. The topological polar surface area (TPSA) is 122 Å². The highest BCUT2D eigenvalue weighted by Crippen LogP contribution is 2.21. The Hall–Kier alpha value is -2.33. The van der Waals surface area contributed by atoms with Crippen LogP contribution < -0.4 is 10.1 Å². The molecule has 1 aliphatic rings. The summed E-state index contributed by atoms with van der Waals surface area (Å²) in [4.78, 5) is 17.7. The van der Waals surface area contributed by atoms with Crippen molar-refractivity contribution in [2.45, 2.75) is 18.7 Å². The number of oxazole rings is 1. The molecule has 0 radical (unpaired) electrons. The van der Waals surface area contributed by atoms with E-state index in [1.165, 1.54) is 11.9 Å². The standard InChI is InChI=1S/C15H19N3O6S/c1-18(11-7-25(21,22)8-12(11)19)15(20)16-6-14-17-10-5-9(23-2)3-4-13(10)24-14/h3-5,11-12,19H,6-8H2,1-2H3,(H,16,20)/t11-,12-/m1/s1. The molecule has 0 spiro atoms. The Morgan fingerprint density at radius 2 is 2.24 bits per heavy atom. The molecule has 2 amide bonds. The highest BCUT2D eigenvalue weighted by atomic mass is 32.2. The summed E-state index contributed by atoms with van der Waals surface area (Å²) in [5.74, 6) is 0.375. The van der Waals surface area contributed by atoms with E-state index in [9.17, 15) is 18.3 Å². The van der Waals surface area contributed by atoms with Crippen LogP contribution in [0.15, 0.2) is 22.6 Å². The van der Waals surface area contributed by atoms with Crippen molar-refractivity contribution in [1.29, 1.82) is 0 Å². The fraction of sp³-hybridized carbons (Fsp3) is 0.467. The molecule has 0 saturated carbocycles. The number of likely N-dealkylation sites (N-methyl/N-ethyl adjacent to an activating group) is 1. The number of urea groups is 1. The number of carbonyl (C=O) groups is 1. The van der Waals surface area contributed by atoms with Crippen LogP contribution in [0.5, 0.6) is 5.75 Å². The molecule has 1 saturated heterocycles. The van der Waals surface area contributed by atoms with E-state index < -0.39 is 28.0 Å². The number of fused-ring (bicyclic) bond motifs is 1. The third-order valence-electron chi connectivity index (χ3n) is 4.14. The first-order chi connectivity index (χ1) is 11.8. The van der Waals surface area contributed by atoms with Crippen LogP contribution in [-0.4, -0.2) is 67.2 Å². The molecular weight excluding hydrogens is 350 g/mol. The molecule has 136 valence electrons. The van der Waals surface area contributed by atoms with Gasteiger partial charge in [0.15, 0.2) is 15.4 Å². The number of hydrogen-bond donors (Lipinski definition) is 2. The van der Waals surface area contributed by atoms with E-state index in [0.717, 1.165) is 0 Å². The van der Waals surface area contributed by atoms with Crippen LogP contribution in [-0.2, 0) is 16.4 Å². The molecule has 0 unspecified atom stereocenters. The van der Waals surface area contributed by atoms with E-state index in [4.69, 9.17) is 9.15 Å². The van der Waals surface area contributed by atoms with Gasteiger partial charge in [0.25, 0.3) is 0 Å². The Morgan fingerprint density at radius 3 is 2.88 bits per heavy atom. The van der Waals surface area contributed by atoms with E-state index in [0.29, 0.717) is 22.7 Å². The van der Waals surface area contributed by atoms with Gasteiger partial charge in [0.05, 0.1) is 37.3 Å². The van der Waals surface area contributed by atoms with Crippen LogP contribution in [0.2, 0.25) is 0 Å². The molecule has 0 bridgehead atoms. The van der Waals surface area contributed by atoms with Crippen molar-refractivity contribution in [3.05, 3.63) is 24.1 Å². The van der Waals surface area contributed by atoms with Gasteiger partial charge in [0.1, 0.15) is 11.3 Å². The molecule has 25 heavy (non-hydrogen) atoms. The molecule has 0 aliphatic carbocycles. The predicted molar refractivity (Wildman–Crippen MR) is 89.0 cm³/mol. The molecule has 10 heteroatoms. The van der Waals surface area contributed by atoms with Gasteiger partial charge >= 0.3 is 6.03 Å². The number of nitrogens with zero attached hydrogens (tertiary/aromatic N) is 2. The van der Waals surface area contributed by atoms with E-state index in [2.05, 4.69) is 10.3 Å². The van der Waals surface area contributed by atoms with Gasteiger partial charge in [-0.05, 0) is 12.1 Å². The Labute approximate surface area is 144 Å². The summed E-state index contributed by atoms with van der Waals surface area (Å²) in [6.45, 7) is 0.0374. The van der Waals surface area contributed by atoms with E-state index in [1.807, 2.05) is 0 Å². The summed E-state index contributed by atoms with van der Waals surface area (Å²) in [6, 6.07) is 3.90. The molecule has 9 nitrogen and oxygen atoms in total. The first-order valence-corrected chi connectivity index (χ1v) is 9.44. The number of nitrogens with one attached hydrogen (secondary N) is 1. The summed E-state index contributed by atoms with van der Waals surface area (Å²) in [5.41, 5.74) is 1.17. The number of aromatic nitrogens is 1. The monoisotopic (exact) mass is 369 g/mol. The van der Waals surface area contributed by atoms with Crippen LogP contribution in [0.25, 0.3) is 11.1 Å². The lowest BCUT2D eigenvalue weighted by Gasteiger charge is -2.25. The summed E-state index contributed by atoms with van der Waals surface area (Å²) >= 11 is 0. The smallest absolute Gasteiger partial charge is 0.317 e. The van der Waals surface area contributed by atoms with Crippen LogP contribution in [0.1, 0.15) is 5.89 Å². The number of hydrogen-bond acceptors (Lipinski definition) is 7. The Kier molecular flexibility index (Phi) is 4.56. The van der Waals surface area contributed by atoms with E-state index in [-0.39, 0.29) is 18.1 Å². The number of amides is 2. The Bertz CT molecular complexity index is 894. The predicted octanol–water partition coefficient (Wildman–Crippen LogP) is 0.136. The second-order valence-corrected chi connectivity index (χ2v) is 8.08. The number of ether oxygens (including phenoxy) is 1. The highest BCUT2D eigenvalue weighted by Gasteiger charge is 2.40. The Balaban J connectivity index is 1.64. The van der Waals surface area contributed by atoms with Crippen LogP contribution in [0, 0.1) is 0 Å². The van der Waals surface area contributed by atoms with Crippen molar-refractivity contribution in [3.63, 3.8) is 0 Å². The maximum absolute atomic E-state index is 12.2. The SMILES string of the molecule is COc1ccc2oc(CNC(=O)N(C)[C@@H]3CS(=O)(=O)C[C@H]3O)nc2c1. The lowest BCUT2D eigenvalue weighted by atomic mass is 10.2. The number of aliphatic hydroxyl groups excluding tert-OH is 1. The van der Waals surface area contributed by atoms with Gasteiger partial charge in [-0.2, -0.15) is 0 Å². The second kappa shape index (κ2) is 6.52. The summed E-state index contributed by atoms with van der Waals surface area (Å²) in [5, 5.41) is 12.4. The maximum atomic E-state index is 12.2. The average Bonchev–Trinajstić information content (AvgIpc) is 3.10. The summed E-state index contributed by atoms with van der Waals surface area (Å²) in [7, 11) is -0.332. The normalized spacial score (nSPS) is 22.0. The van der Waals surface area contributed by atoms with Crippen molar-refractivity contribution in [3.8, 4) is 5.75 Å². The number of benzene rings is 1. The highest BCUT2D eigenvalue weighted by molar-refractivity contribution is 7.91. The number of methoxy groups -OCH3 is 1. The number of carbonyl (C=O) groups excluding carboxylic acids is 1. The number of aliphatic hydroxyl groups is 1. The number of sulfone groups is 1. The third kappa shape index (κ3) is 3.69. The fourth-order valence-electron chi connectivity index (χ4n) is 2.76. The van der Waals surface area contributed by atoms with Gasteiger partial charge in [-0.15, -0.1) is 0 Å². The van der Waals surface area contributed by atoms with E-state index >= 15 is 0 Å². The van der Waals surface area contributed by atoms with Crippen molar-refractivity contribution < 1.29 is 27.5 Å². The first-order valence-electron chi connectivity index (χ1n) is 7.61. The quantitative estimate of drug-likeness (QED) is 0.786. The van der Waals surface area contributed by atoms with Crippen LogP contribution >= 0.6 is 0 Å². The van der Waals surface area contributed by atoms with Gasteiger partial charge in [0.2, 0.25) is 5.89 Å².